The number of allylic oxidation sites excluding steroid dienone is 4. The van der Waals surface area contributed by atoms with Crippen molar-refractivity contribution in [2.45, 2.75) is 38.2 Å². The molecule has 0 saturated carbocycles. The predicted octanol–water partition coefficient (Wildman–Crippen LogP) is 3.40. The third-order valence-electron chi connectivity index (χ3n) is 5.26. The second kappa shape index (κ2) is 5.24. The van der Waals surface area contributed by atoms with E-state index < -0.39 is 0 Å². The van der Waals surface area contributed by atoms with Crippen molar-refractivity contribution in [3.63, 3.8) is 0 Å². The lowest BCUT2D eigenvalue weighted by Crippen LogP contribution is -2.30. The summed E-state index contributed by atoms with van der Waals surface area (Å²) in [4.78, 5) is 25.9. The third-order valence-corrected chi connectivity index (χ3v) is 6.46. The quantitative estimate of drug-likeness (QED) is 0.795. The zero-order valence-corrected chi connectivity index (χ0v) is 14.0. The molecule has 1 atom stereocenters. The molecule has 1 N–H and O–H groups in total. The lowest BCUT2D eigenvalue weighted by atomic mass is 9.78. The van der Waals surface area contributed by atoms with Gasteiger partial charge >= 0.3 is 5.97 Å². The van der Waals surface area contributed by atoms with E-state index in [0.29, 0.717) is 18.6 Å². The molecule has 5 heteroatoms. The number of carbonyl (C=O) groups excluding carboxylic acids is 2. The summed E-state index contributed by atoms with van der Waals surface area (Å²) >= 11 is 1.84. The van der Waals surface area contributed by atoms with Crippen LogP contribution in [0.15, 0.2) is 40.1 Å². The van der Waals surface area contributed by atoms with Gasteiger partial charge in [0.05, 0.1) is 5.56 Å². The minimum absolute atomic E-state index is 0.0183. The molecule has 0 bridgehead atoms. The van der Waals surface area contributed by atoms with E-state index in [1.54, 1.807) is 0 Å². The highest BCUT2D eigenvalue weighted by Gasteiger charge is 2.39. The Balaban J connectivity index is 1.67. The number of cyclic esters (lactones) is 1. The Morgan fingerprint density at radius 2 is 2.04 bits per heavy atom. The fourth-order valence-corrected chi connectivity index (χ4v) is 5.40. The van der Waals surface area contributed by atoms with Gasteiger partial charge in [-0.1, -0.05) is 12.1 Å². The molecule has 24 heavy (non-hydrogen) atoms. The van der Waals surface area contributed by atoms with Gasteiger partial charge in [-0.15, -0.1) is 11.8 Å². The summed E-state index contributed by atoms with van der Waals surface area (Å²) in [6.07, 6.45) is 3.50. The average molecular weight is 339 g/mol. The molecule has 5 rings (SSSR count). The molecule has 122 valence electrons. The molecule has 4 nitrogen and oxygen atoms in total. The van der Waals surface area contributed by atoms with Crippen molar-refractivity contribution in [3.05, 3.63) is 56.8 Å². The molecule has 3 aliphatic heterocycles. The second-order valence-electron chi connectivity index (χ2n) is 6.66. The summed E-state index contributed by atoms with van der Waals surface area (Å²) in [5.74, 6) is 1.03. The first kappa shape index (κ1) is 14.3. The number of dihydropyridines is 1. The van der Waals surface area contributed by atoms with E-state index in [9.17, 15) is 9.59 Å². The normalized spacial score (nSPS) is 25.2. The van der Waals surface area contributed by atoms with Gasteiger partial charge in [0.15, 0.2) is 5.78 Å². The third kappa shape index (κ3) is 2.00. The van der Waals surface area contributed by atoms with Crippen molar-refractivity contribution in [1.29, 1.82) is 0 Å². The van der Waals surface area contributed by atoms with Crippen LogP contribution in [0.4, 0.5) is 0 Å². The zero-order chi connectivity index (χ0) is 16.3. The number of hydrogen-bond acceptors (Lipinski definition) is 5. The van der Waals surface area contributed by atoms with Gasteiger partial charge < -0.3 is 10.1 Å². The Hall–Kier alpha value is -2.01. The minimum Gasteiger partial charge on any atom is -0.457 e. The van der Waals surface area contributed by atoms with E-state index in [2.05, 4.69) is 11.4 Å². The van der Waals surface area contributed by atoms with Gasteiger partial charge in [-0.25, -0.2) is 4.79 Å². The molecule has 0 aromatic heterocycles. The number of esters is 1. The van der Waals surface area contributed by atoms with E-state index in [1.165, 1.54) is 10.6 Å². The number of thioether (sulfide) groups is 1. The highest BCUT2D eigenvalue weighted by Crippen LogP contribution is 2.50. The standard InChI is InChI=1S/C19H17NO3S/c21-15-3-1-2-13-17(15)16(18-14(20-13)6-7-24-18)10-4-5-11-9-23-19(22)12(11)8-10/h4-5,8,16,20H,1-3,6-7,9H2. The van der Waals surface area contributed by atoms with Crippen molar-refractivity contribution in [2.24, 2.45) is 0 Å². The molecule has 3 heterocycles. The number of fused-ring (bicyclic) bond motifs is 1. The van der Waals surface area contributed by atoms with Crippen LogP contribution in [0.2, 0.25) is 0 Å². The first-order valence-corrected chi connectivity index (χ1v) is 9.40. The molecule has 0 saturated heterocycles. The zero-order valence-electron chi connectivity index (χ0n) is 13.2. The largest absolute Gasteiger partial charge is 0.457 e. The van der Waals surface area contributed by atoms with Crippen LogP contribution >= 0.6 is 11.8 Å². The van der Waals surface area contributed by atoms with Gasteiger partial charge in [0.2, 0.25) is 0 Å². The van der Waals surface area contributed by atoms with Gasteiger partial charge in [0, 0.05) is 45.5 Å². The Labute approximate surface area is 144 Å². The van der Waals surface area contributed by atoms with Gasteiger partial charge in [-0.2, -0.15) is 0 Å². The van der Waals surface area contributed by atoms with Crippen LogP contribution in [0.5, 0.6) is 0 Å². The first-order chi connectivity index (χ1) is 11.7. The number of ketones is 1. The predicted molar refractivity (Wildman–Crippen MR) is 91.4 cm³/mol. The highest BCUT2D eigenvalue weighted by molar-refractivity contribution is 8.03. The van der Waals surface area contributed by atoms with Crippen LogP contribution in [0.3, 0.4) is 0 Å². The fraction of sp³-hybridized carbons (Fsp3) is 0.368. The van der Waals surface area contributed by atoms with E-state index in [4.69, 9.17) is 4.74 Å². The summed E-state index contributed by atoms with van der Waals surface area (Å²) < 4.78 is 5.13. The molecular weight excluding hydrogens is 322 g/mol. The van der Waals surface area contributed by atoms with Gasteiger partial charge in [-0.3, -0.25) is 4.79 Å². The highest BCUT2D eigenvalue weighted by atomic mass is 32.2. The summed E-state index contributed by atoms with van der Waals surface area (Å²) in [6, 6.07) is 5.98. The lowest BCUT2D eigenvalue weighted by Gasteiger charge is -2.33. The molecule has 0 amide bonds. The number of Topliss-reactive ketones (excluding diaryl/α,β-unsaturated/α-hetero) is 1. The lowest BCUT2D eigenvalue weighted by molar-refractivity contribution is -0.116. The molecule has 1 aromatic carbocycles. The number of benzene rings is 1. The van der Waals surface area contributed by atoms with Crippen molar-refractivity contribution in [2.75, 3.05) is 5.75 Å². The van der Waals surface area contributed by atoms with E-state index in [0.717, 1.165) is 47.4 Å². The van der Waals surface area contributed by atoms with Crippen LogP contribution in [0.25, 0.3) is 0 Å². The maximum Gasteiger partial charge on any atom is 0.338 e. The van der Waals surface area contributed by atoms with Crippen molar-refractivity contribution >= 4 is 23.5 Å². The van der Waals surface area contributed by atoms with Crippen LogP contribution in [0.1, 0.15) is 53.1 Å². The monoisotopic (exact) mass is 339 g/mol. The van der Waals surface area contributed by atoms with Crippen LogP contribution in [-0.2, 0) is 16.1 Å². The van der Waals surface area contributed by atoms with E-state index in [-0.39, 0.29) is 17.7 Å². The topological polar surface area (TPSA) is 55.4 Å². The summed E-state index contributed by atoms with van der Waals surface area (Å²) in [7, 11) is 0. The molecular formula is C19H17NO3S. The van der Waals surface area contributed by atoms with Crippen LogP contribution in [0, 0.1) is 0 Å². The maximum absolute atomic E-state index is 12.7. The Bertz CT molecular complexity index is 852. The van der Waals surface area contributed by atoms with Crippen molar-refractivity contribution < 1.29 is 14.3 Å². The maximum atomic E-state index is 12.7. The smallest absolute Gasteiger partial charge is 0.338 e. The molecule has 0 fully saturated rings. The average Bonchev–Trinajstić information content (AvgIpc) is 3.20. The molecule has 1 aromatic rings. The molecule has 1 unspecified atom stereocenters. The van der Waals surface area contributed by atoms with E-state index in [1.807, 2.05) is 23.9 Å². The number of ether oxygens (including phenoxy) is 1. The van der Waals surface area contributed by atoms with Gasteiger partial charge in [0.1, 0.15) is 6.61 Å². The molecule has 4 aliphatic rings. The summed E-state index contributed by atoms with van der Waals surface area (Å²) in [5.41, 5.74) is 5.92. The summed E-state index contributed by atoms with van der Waals surface area (Å²) in [5, 5.41) is 3.53. The van der Waals surface area contributed by atoms with Crippen molar-refractivity contribution in [3.8, 4) is 0 Å². The number of nitrogens with one attached hydrogen (secondary N) is 1. The SMILES string of the molecule is O=C1CCCC2=C1C(c1ccc3c(c1)C(=O)OC3)C1=C(CCS1)N2. The van der Waals surface area contributed by atoms with Gasteiger partial charge in [-0.05, 0) is 30.9 Å². The molecule has 1 aliphatic carbocycles. The fourth-order valence-electron chi connectivity index (χ4n) is 4.13. The Morgan fingerprint density at radius 1 is 1.12 bits per heavy atom. The summed E-state index contributed by atoms with van der Waals surface area (Å²) in [6.45, 7) is 0.357. The Morgan fingerprint density at radius 3 is 2.96 bits per heavy atom. The molecule has 0 radical (unpaired) electrons. The van der Waals surface area contributed by atoms with Crippen LogP contribution in [-0.4, -0.2) is 17.5 Å². The molecule has 0 spiro atoms. The minimum atomic E-state index is -0.252. The van der Waals surface area contributed by atoms with E-state index >= 15 is 0 Å². The van der Waals surface area contributed by atoms with Crippen molar-refractivity contribution in [1.82, 2.24) is 5.32 Å². The number of rotatable bonds is 1. The Kier molecular flexibility index (Phi) is 3.13. The second-order valence-corrected chi connectivity index (χ2v) is 7.80. The van der Waals surface area contributed by atoms with Gasteiger partial charge in [0.25, 0.3) is 0 Å². The van der Waals surface area contributed by atoms with Crippen LogP contribution < -0.4 is 5.32 Å². The first-order valence-electron chi connectivity index (χ1n) is 8.41. The number of carbonyl (C=O) groups is 2. The number of hydrogen-bond donors (Lipinski definition) is 1.